The molecule has 0 radical (unpaired) electrons. The van der Waals surface area contributed by atoms with Gasteiger partial charge in [-0.3, -0.25) is 0 Å². The minimum atomic E-state index is -4.38. The van der Waals surface area contributed by atoms with E-state index in [9.17, 15) is 13.2 Å². The third kappa shape index (κ3) is 2.38. The van der Waals surface area contributed by atoms with Crippen LogP contribution in [0, 0.1) is 0 Å². The predicted octanol–water partition coefficient (Wildman–Crippen LogP) is 1.93. The molecule has 0 spiro atoms. The molecule has 90 valence electrons. The van der Waals surface area contributed by atoms with Gasteiger partial charge in [-0.2, -0.15) is 13.2 Å². The van der Waals surface area contributed by atoms with Gasteiger partial charge >= 0.3 is 6.18 Å². The molecule has 0 aliphatic rings. The average molecular weight is 242 g/mol. The van der Waals surface area contributed by atoms with Crippen LogP contribution >= 0.6 is 0 Å². The van der Waals surface area contributed by atoms with Crippen LogP contribution in [0.1, 0.15) is 11.1 Å². The number of rotatable bonds is 2. The number of benzene rings is 1. The molecular weight excluding hydrogens is 233 g/mol. The molecule has 2 N–H and O–H groups in total. The molecular formula is C10H9F3N4. The van der Waals surface area contributed by atoms with Crippen LogP contribution in [0.25, 0.3) is 0 Å². The SMILES string of the molecule is Nc1cnnn1Cc1ccccc1C(F)(F)F. The summed E-state index contributed by atoms with van der Waals surface area (Å²) in [6.45, 7) is -0.0541. The Morgan fingerprint density at radius 1 is 1.24 bits per heavy atom. The molecule has 1 heterocycles. The molecule has 0 atom stereocenters. The monoisotopic (exact) mass is 242 g/mol. The lowest BCUT2D eigenvalue weighted by Gasteiger charge is -2.12. The largest absolute Gasteiger partial charge is 0.416 e. The molecule has 2 aromatic rings. The number of nitrogen functional groups attached to an aromatic ring is 1. The Labute approximate surface area is 94.9 Å². The van der Waals surface area contributed by atoms with Crippen LogP contribution in [-0.2, 0) is 12.7 Å². The van der Waals surface area contributed by atoms with Crippen LogP contribution in [0.4, 0.5) is 19.0 Å². The fourth-order valence-electron chi connectivity index (χ4n) is 1.48. The number of anilines is 1. The van der Waals surface area contributed by atoms with Gasteiger partial charge in [0.2, 0.25) is 0 Å². The first-order valence-electron chi connectivity index (χ1n) is 4.77. The minimum absolute atomic E-state index is 0.0541. The molecule has 2 rings (SSSR count). The third-order valence-electron chi connectivity index (χ3n) is 2.29. The molecule has 0 unspecified atom stereocenters. The molecule has 0 fully saturated rings. The van der Waals surface area contributed by atoms with Crippen LogP contribution in [-0.4, -0.2) is 15.0 Å². The van der Waals surface area contributed by atoms with Gasteiger partial charge in [-0.25, -0.2) is 4.68 Å². The van der Waals surface area contributed by atoms with Crippen molar-refractivity contribution in [1.82, 2.24) is 15.0 Å². The lowest BCUT2D eigenvalue weighted by Crippen LogP contribution is -2.13. The smallest absolute Gasteiger partial charge is 0.383 e. The van der Waals surface area contributed by atoms with Gasteiger partial charge in [0.1, 0.15) is 5.82 Å². The second kappa shape index (κ2) is 4.08. The van der Waals surface area contributed by atoms with Crippen molar-refractivity contribution in [3.8, 4) is 0 Å². The first-order chi connectivity index (χ1) is 7.98. The Morgan fingerprint density at radius 3 is 2.53 bits per heavy atom. The van der Waals surface area contributed by atoms with Gasteiger partial charge in [0, 0.05) is 0 Å². The zero-order valence-corrected chi connectivity index (χ0v) is 8.65. The quantitative estimate of drug-likeness (QED) is 0.875. The third-order valence-corrected chi connectivity index (χ3v) is 2.29. The second-order valence-corrected chi connectivity index (χ2v) is 3.47. The van der Waals surface area contributed by atoms with E-state index in [1.165, 1.54) is 29.1 Å². The zero-order chi connectivity index (χ0) is 12.5. The van der Waals surface area contributed by atoms with Crippen molar-refractivity contribution in [3.63, 3.8) is 0 Å². The number of halogens is 3. The Bertz CT molecular complexity index is 518. The topological polar surface area (TPSA) is 56.7 Å². The van der Waals surface area contributed by atoms with Gasteiger partial charge in [0.25, 0.3) is 0 Å². The highest BCUT2D eigenvalue weighted by Crippen LogP contribution is 2.32. The van der Waals surface area contributed by atoms with Gasteiger partial charge in [-0.1, -0.05) is 23.4 Å². The number of alkyl halides is 3. The molecule has 7 heteroatoms. The Balaban J connectivity index is 2.37. The van der Waals surface area contributed by atoms with Crippen molar-refractivity contribution in [2.75, 3.05) is 5.73 Å². The van der Waals surface area contributed by atoms with E-state index in [1.54, 1.807) is 0 Å². The summed E-state index contributed by atoms with van der Waals surface area (Å²) in [5.41, 5.74) is 4.93. The summed E-state index contributed by atoms with van der Waals surface area (Å²) in [5.74, 6) is 0.224. The van der Waals surface area contributed by atoms with Crippen molar-refractivity contribution < 1.29 is 13.2 Å². The molecule has 4 nitrogen and oxygen atoms in total. The molecule has 0 saturated carbocycles. The van der Waals surface area contributed by atoms with E-state index in [1.807, 2.05) is 0 Å². The van der Waals surface area contributed by atoms with Crippen molar-refractivity contribution in [2.24, 2.45) is 0 Å². The summed E-state index contributed by atoms with van der Waals surface area (Å²) < 4.78 is 39.3. The van der Waals surface area contributed by atoms with Crippen molar-refractivity contribution in [3.05, 3.63) is 41.6 Å². The highest BCUT2D eigenvalue weighted by atomic mass is 19.4. The Kier molecular flexibility index (Phi) is 2.74. The van der Waals surface area contributed by atoms with Crippen LogP contribution in [0.5, 0.6) is 0 Å². The zero-order valence-electron chi connectivity index (χ0n) is 8.65. The number of aromatic nitrogens is 3. The predicted molar refractivity (Wildman–Crippen MR) is 55.0 cm³/mol. The summed E-state index contributed by atoms with van der Waals surface area (Å²) in [4.78, 5) is 0. The molecule has 0 saturated heterocycles. The van der Waals surface area contributed by atoms with Crippen LogP contribution in [0.15, 0.2) is 30.5 Å². The van der Waals surface area contributed by atoms with Gasteiger partial charge < -0.3 is 5.73 Å². The number of hydrogen-bond acceptors (Lipinski definition) is 3. The summed E-state index contributed by atoms with van der Waals surface area (Å²) in [7, 11) is 0. The summed E-state index contributed by atoms with van der Waals surface area (Å²) in [6.07, 6.45) is -3.10. The van der Waals surface area contributed by atoms with E-state index in [4.69, 9.17) is 5.73 Å². The van der Waals surface area contributed by atoms with E-state index in [-0.39, 0.29) is 17.9 Å². The number of hydrogen-bond donors (Lipinski definition) is 1. The number of nitrogens with two attached hydrogens (primary N) is 1. The second-order valence-electron chi connectivity index (χ2n) is 3.47. The van der Waals surface area contributed by atoms with E-state index in [2.05, 4.69) is 10.3 Å². The normalized spacial score (nSPS) is 11.7. The fraction of sp³-hybridized carbons (Fsp3) is 0.200. The molecule has 17 heavy (non-hydrogen) atoms. The lowest BCUT2D eigenvalue weighted by molar-refractivity contribution is -0.138. The standard InChI is InChI=1S/C10H9F3N4/c11-10(12,13)8-4-2-1-3-7(8)6-17-9(14)5-15-16-17/h1-5H,6,14H2. The summed E-state index contributed by atoms with van der Waals surface area (Å²) >= 11 is 0. The van der Waals surface area contributed by atoms with Crippen LogP contribution in [0.2, 0.25) is 0 Å². The maximum Gasteiger partial charge on any atom is 0.416 e. The Hall–Kier alpha value is -2.05. The van der Waals surface area contributed by atoms with Crippen molar-refractivity contribution >= 4 is 5.82 Å². The van der Waals surface area contributed by atoms with E-state index < -0.39 is 11.7 Å². The molecule has 1 aromatic heterocycles. The Morgan fingerprint density at radius 2 is 1.94 bits per heavy atom. The van der Waals surface area contributed by atoms with Gasteiger partial charge in [0.15, 0.2) is 0 Å². The first kappa shape index (κ1) is 11.4. The van der Waals surface area contributed by atoms with E-state index in [0.717, 1.165) is 6.07 Å². The highest BCUT2D eigenvalue weighted by molar-refractivity contribution is 5.31. The van der Waals surface area contributed by atoms with Crippen LogP contribution < -0.4 is 5.73 Å². The molecule has 1 aromatic carbocycles. The summed E-state index contributed by atoms with van der Waals surface area (Å²) in [6, 6.07) is 5.31. The van der Waals surface area contributed by atoms with Gasteiger partial charge in [-0.15, -0.1) is 5.10 Å². The van der Waals surface area contributed by atoms with E-state index in [0.29, 0.717) is 0 Å². The fourth-order valence-corrected chi connectivity index (χ4v) is 1.48. The minimum Gasteiger partial charge on any atom is -0.383 e. The number of nitrogens with zero attached hydrogens (tertiary/aromatic N) is 3. The van der Waals surface area contributed by atoms with Gasteiger partial charge in [0.05, 0.1) is 18.3 Å². The molecule has 0 amide bonds. The highest BCUT2D eigenvalue weighted by Gasteiger charge is 2.32. The molecule has 0 aliphatic heterocycles. The summed E-state index contributed by atoms with van der Waals surface area (Å²) in [5, 5.41) is 7.12. The average Bonchev–Trinajstić information content (AvgIpc) is 2.64. The lowest BCUT2D eigenvalue weighted by atomic mass is 10.1. The van der Waals surface area contributed by atoms with Gasteiger partial charge in [-0.05, 0) is 11.6 Å². The molecule has 0 bridgehead atoms. The van der Waals surface area contributed by atoms with Crippen molar-refractivity contribution in [1.29, 1.82) is 0 Å². The van der Waals surface area contributed by atoms with Crippen LogP contribution in [0.3, 0.4) is 0 Å². The maximum absolute atomic E-state index is 12.7. The van der Waals surface area contributed by atoms with E-state index >= 15 is 0 Å². The van der Waals surface area contributed by atoms with Crippen molar-refractivity contribution in [2.45, 2.75) is 12.7 Å². The first-order valence-corrected chi connectivity index (χ1v) is 4.77. The molecule has 0 aliphatic carbocycles. The maximum atomic E-state index is 12.7.